The summed E-state index contributed by atoms with van der Waals surface area (Å²) >= 11 is 0. The van der Waals surface area contributed by atoms with Crippen LogP contribution in [0.2, 0.25) is 0 Å². The van der Waals surface area contributed by atoms with Gasteiger partial charge in [0.2, 0.25) is 0 Å². The molecule has 0 aliphatic heterocycles. The summed E-state index contributed by atoms with van der Waals surface area (Å²) in [5.74, 6) is 0. The molecule has 0 N–H and O–H groups in total. The SMILES string of the molecule is CCCCCCCCCCCCCCOS(=O)(=O)c1cccc2ccccc12.[NaH]. The van der Waals surface area contributed by atoms with Gasteiger partial charge in [-0.3, -0.25) is 4.18 Å². The molecular weight excluding hydrogens is 391 g/mol. The Hall–Kier alpha value is -0.390. The third kappa shape index (κ3) is 9.97. The fourth-order valence-electron chi connectivity index (χ4n) is 3.59. The van der Waals surface area contributed by atoms with Crippen molar-refractivity contribution in [3.05, 3.63) is 42.5 Å². The molecule has 2 rings (SSSR count). The molecule has 0 spiro atoms. The van der Waals surface area contributed by atoms with Gasteiger partial charge < -0.3 is 0 Å². The zero-order valence-electron chi connectivity index (χ0n) is 17.4. The topological polar surface area (TPSA) is 43.4 Å². The first-order valence-electron chi connectivity index (χ1n) is 11.0. The zero-order chi connectivity index (χ0) is 20.1. The Balaban J connectivity index is 0.00000420. The van der Waals surface area contributed by atoms with Crippen LogP contribution in [0.4, 0.5) is 0 Å². The molecule has 0 aliphatic rings. The molecule has 0 amide bonds. The van der Waals surface area contributed by atoms with Gasteiger partial charge in [0.15, 0.2) is 0 Å². The van der Waals surface area contributed by atoms with Crippen LogP contribution in [0.1, 0.15) is 84.0 Å². The van der Waals surface area contributed by atoms with Crippen molar-refractivity contribution in [2.75, 3.05) is 6.61 Å². The van der Waals surface area contributed by atoms with Crippen molar-refractivity contribution in [3.8, 4) is 0 Å². The number of hydrogen-bond donors (Lipinski definition) is 0. The number of unbranched alkanes of at least 4 members (excludes halogenated alkanes) is 11. The summed E-state index contributed by atoms with van der Waals surface area (Å²) in [7, 11) is -3.70. The van der Waals surface area contributed by atoms with Crippen LogP contribution in [0.15, 0.2) is 47.4 Å². The molecule has 0 aliphatic carbocycles. The molecule has 158 valence electrons. The quantitative estimate of drug-likeness (QED) is 0.182. The van der Waals surface area contributed by atoms with E-state index >= 15 is 0 Å². The van der Waals surface area contributed by atoms with E-state index in [1.807, 2.05) is 30.3 Å². The average molecular weight is 429 g/mol. The Kier molecular flexibility index (Phi) is 14.2. The van der Waals surface area contributed by atoms with Crippen LogP contribution in [0.25, 0.3) is 10.8 Å². The van der Waals surface area contributed by atoms with Gasteiger partial charge in [-0.25, -0.2) is 0 Å². The molecule has 5 heteroatoms. The fraction of sp³-hybridized carbons (Fsp3) is 0.583. The van der Waals surface area contributed by atoms with Gasteiger partial charge in [0.25, 0.3) is 10.1 Å². The van der Waals surface area contributed by atoms with Crippen LogP contribution >= 0.6 is 0 Å². The maximum absolute atomic E-state index is 12.5. The van der Waals surface area contributed by atoms with E-state index in [0.717, 1.165) is 30.0 Å². The molecule has 0 fully saturated rings. The molecule has 0 bridgehead atoms. The van der Waals surface area contributed by atoms with Crippen molar-refractivity contribution in [3.63, 3.8) is 0 Å². The van der Waals surface area contributed by atoms with Gasteiger partial charge in [0.1, 0.15) is 4.90 Å². The van der Waals surface area contributed by atoms with Crippen LogP contribution in [0.3, 0.4) is 0 Å². The second kappa shape index (κ2) is 15.4. The number of benzene rings is 2. The van der Waals surface area contributed by atoms with Crippen molar-refractivity contribution < 1.29 is 12.6 Å². The second-order valence-corrected chi connectivity index (χ2v) is 9.23. The van der Waals surface area contributed by atoms with Gasteiger partial charge in [-0.1, -0.05) is 114 Å². The van der Waals surface area contributed by atoms with Crippen LogP contribution in [0.5, 0.6) is 0 Å². The van der Waals surface area contributed by atoms with E-state index < -0.39 is 10.1 Å². The van der Waals surface area contributed by atoms with E-state index in [1.54, 1.807) is 12.1 Å². The average Bonchev–Trinajstić information content (AvgIpc) is 2.71. The van der Waals surface area contributed by atoms with Crippen LogP contribution in [-0.2, 0) is 14.3 Å². The van der Waals surface area contributed by atoms with E-state index in [2.05, 4.69) is 6.92 Å². The first kappa shape index (κ1) is 26.6. The fourth-order valence-corrected chi connectivity index (χ4v) is 4.75. The number of fused-ring (bicyclic) bond motifs is 1. The first-order valence-corrected chi connectivity index (χ1v) is 12.4. The van der Waals surface area contributed by atoms with Gasteiger partial charge in [0.05, 0.1) is 6.61 Å². The van der Waals surface area contributed by atoms with Gasteiger partial charge in [-0.2, -0.15) is 8.42 Å². The molecule has 3 nitrogen and oxygen atoms in total. The van der Waals surface area contributed by atoms with Gasteiger partial charge in [0, 0.05) is 5.39 Å². The van der Waals surface area contributed by atoms with E-state index in [4.69, 9.17) is 4.18 Å². The predicted octanol–water partition coefficient (Wildman–Crippen LogP) is 6.60. The monoisotopic (exact) mass is 428 g/mol. The molecular formula is C24H37NaO3S. The van der Waals surface area contributed by atoms with E-state index in [9.17, 15) is 8.42 Å². The summed E-state index contributed by atoms with van der Waals surface area (Å²) in [4.78, 5) is 0.268. The Morgan fingerprint density at radius 1 is 0.690 bits per heavy atom. The summed E-state index contributed by atoms with van der Waals surface area (Å²) < 4.78 is 30.3. The standard InChI is InChI=1S/C24H36O3S.Na.H/c1-2-3-4-5-6-7-8-9-10-11-12-15-21-27-28(25,26)24-20-16-18-22-17-13-14-19-23(22)24;;/h13-14,16-20H,2-12,15,21H2,1H3;;. The van der Waals surface area contributed by atoms with Crippen molar-refractivity contribution >= 4 is 50.4 Å². The summed E-state index contributed by atoms with van der Waals surface area (Å²) in [5.41, 5.74) is 0. The summed E-state index contributed by atoms with van der Waals surface area (Å²) in [6.45, 7) is 2.52. The summed E-state index contributed by atoms with van der Waals surface area (Å²) in [6, 6.07) is 12.8. The Labute approximate surface area is 200 Å². The minimum absolute atomic E-state index is 0. The molecule has 0 radical (unpaired) electrons. The maximum atomic E-state index is 12.5. The molecule has 0 saturated heterocycles. The predicted molar refractivity (Wildman–Crippen MR) is 125 cm³/mol. The van der Waals surface area contributed by atoms with Crippen molar-refractivity contribution in [2.45, 2.75) is 88.9 Å². The molecule has 0 atom stereocenters. The minimum atomic E-state index is -3.70. The molecule has 0 heterocycles. The molecule has 0 saturated carbocycles. The van der Waals surface area contributed by atoms with E-state index in [1.165, 1.54) is 57.8 Å². The van der Waals surface area contributed by atoms with Crippen molar-refractivity contribution in [1.82, 2.24) is 0 Å². The molecule has 0 unspecified atom stereocenters. The summed E-state index contributed by atoms with van der Waals surface area (Å²) in [5, 5.41) is 1.64. The second-order valence-electron chi connectivity index (χ2n) is 7.64. The van der Waals surface area contributed by atoms with Crippen molar-refractivity contribution in [2.24, 2.45) is 0 Å². The summed E-state index contributed by atoms with van der Waals surface area (Å²) in [6.07, 6.45) is 15.0. The number of hydrogen-bond acceptors (Lipinski definition) is 3. The first-order chi connectivity index (χ1) is 13.6. The van der Waals surface area contributed by atoms with Gasteiger partial charge >= 0.3 is 29.6 Å². The Morgan fingerprint density at radius 3 is 1.83 bits per heavy atom. The van der Waals surface area contributed by atoms with E-state index in [0.29, 0.717) is 0 Å². The third-order valence-electron chi connectivity index (χ3n) is 5.26. The Morgan fingerprint density at radius 2 is 1.21 bits per heavy atom. The Bertz CT molecular complexity index is 784. The van der Waals surface area contributed by atoms with Crippen LogP contribution in [-0.4, -0.2) is 44.6 Å². The number of rotatable bonds is 15. The molecule has 2 aromatic carbocycles. The van der Waals surface area contributed by atoms with Crippen LogP contribution < -0.4 is 0 Å². The van der Waals surface area contributed by atoms with Crippen LogP contribution in [0, 0.1) is 0 Å². The molecule has 29 heavy (non-hydrogen) atoms. The third-order valence-corrected chi connectivity index (χ3v) is 6.63. The van der Waals surface area contributed by atoms with E-state index in [-0.39, 0.29) is 41.1 Å². The van der Waals surface area contributed by atoms with Crippen molar-refractivity contribution in [1.29, 1.82) is 0 Å². The van der Waals surface area contributed by atoms with Gasteiger partial charge in [-0.05, 0) is 17.9 Å². The normalized spacial score (nSPS) is 11.5. The molecule has 2 aromatic rings. The van der Waals surface area contributed by atoms with Gasteiger partial charge in [-0.15, -0.1) is 0 Å². The molecule has 0 aromatic heterocycles. The zero-order valence-corrected chi connectivity index (χ0v) is 18.2.